The first-order valence-corrected chi connectivity index (χ1v) is 8.76. The van der Waals surface area contributed by atoms with Crippen molar-refractivity contribution < 1.29 is 19.0 Å². The van der Waals surface area contributed by atoms with E-state index in [1.807, 2.05) is 24.3 Å². The zero-order valence-corrected chi connectivity index (χ0v) is 15.5. The Balaban J connectivity index is 2.39. The van der Waals surface area contributed by atoms with Crippen LogP contribution in [-0.4, -0.2) is 31.9 Å². The number of hydrogen-bond acceptors (Lipinski definition) is 5. The quantitative estimate of drug-likeness (QED) is 0.736. The van der Waals surface area contributed by atoms with E-state index in [4.69, 9.17) is 14.2 Å². The van der Waals surface area contributed by atoms with E-state index >= 15 is 0 Å². The number of carbonyl (C=O) groups excluding carboxylic acids is 1. The van der Waals surface area contributed by atoms with Gasteiger partial charge in [0, 0.05) is 12.5 Å². The van der Waals surface area contributed by atoms with Gasteiger partial charge in [0.2, 0.25) is 0 Å². The van der Waals surface area contributed by atoms with Crippen molar-refractivity contribution in [2.24, 2.45) is 11.8 Å². The first kappa shape index (κ1) is 19.3. The fraction of sp³-hybridized carbons (Fsp3) is 0.600. The molecule has 3 atom stereocenters. The molecule has 1 aliphatic rings. The molecule has 5 nitrogen and oxygen atoms in total. The zero-order valence-electron chi connectivity index (χ0n) is 15.5. The van der Waals surface area contributed by atoms with E-state index in [0.29, 0.717) is 6.61 Å². The van der Waals surface area contributed by atoms with E-state index in [2.05, 4.69) is 19.9 Å². The second-order valence-electron chi connectivity index (χ2n) is 7.02. The Morgan fingerprint density at radius 2 is 2.08 bits per heavy atom. The van der Waals surface area contributed by atoms with Gasteiger partial charge in [0.15, 0.2) is 5.92 Å². The fourth-order valence-electron chi connectivity index (χ4n) is 3.66. The molecule has 0 amide bonds. The molecule has 1 aliphatic heterocycles. The van der Waals surface area contributed by atoms with E-state index in [1.165, 1.54) is 0 Å². The third kappa shape index (κ3) is 4.73. The molecule has 0 bridgehead atoms. The van der Waals surface area contributed by atoms with E-state index in [-0.39, 0.29) is 24.0 Å². The molecular formula is C20H27NO4. The van der Waals surface area contributed by atoms with Gasteiger partial charge in [-0.15, -0.1) is 0 Å². The predicted octanol–water partition coefficient (Wildman–Crippen LogP) is 3.69. The summed E-state index contributed by atoms with van der Waals surface area (Å²) in [7, 11) is 1.62. The van der Waals surface area contributed by atoms with Gasteiger partial charge in [-0.05, 0) is 57.2 Å². The van der Waals surface area contributed by atoms with Gasteiger partial charge < -0.3 is 14.2 Å². The van der Waals surface area contributed by atoms with Gasteiger partial charge in [0.05, 0.1) is 25.4 Å². The van der Waals surface area contributed by atoms with E-state index in [0.717, 1.165) is 24.2 Å². The van der Waals surface area contributed by atoms with Crippen LogP contribution in [0.3, 0.4) is 0 Å². The molecule has 0 spiro atoms. The summed E-state index contributed by atoms with van der Waals surface area (Å²) >= 11 is 0. The summed E-state index contributed by atoms with van der Waals surface area (Å²) in [5.41, 5.74) is 0.700. The van der Waals surface area contributed by atoms with Gasteiger partial charge in [0.1, 0.15) is 5.75 Å². The Labute approximate surface area is 149 Å². The molecule has 3 unspecified atom stereocenters. The molecule has 0 N–H and O–H groups in total. The van der Waals surface area contributed by atoms with Crippen molar-refractivity contribution in [2.75, 3.05) is 20.3 Å². The molecule has 1 saturated heterocycles. The maximum atomic E-state index is 12.4. The molecule has 5 heteroatoms. The number of carbonyl (C=O) groups is 1. The van der Waals surface area contributed by atoms with Crippen molar-refractivity contribution in [1.29, 1.82) is 5.26 Å². The Hall–Kier alpha value is -2.06. The lowest BCUT2D eigenvalue weighted by Crippen LogP contribution is -2.39. The highest BCUT2D eigenvalue weighted by Gasteiger charge is 2.41. The highest BCUT2D eigenvalue weighted by molar-refractivity contribution is 5.76. The Bertz CT molecular complexity index is 618. The summed E-state index contributed by atoms with van der Waals surface area (Å²) < 4.78 is 16.2. The van der Waals surface area contributed by atoms with Gasteiger partial charge in [0.25, 0.3) is 0 Å². The largest absolute Gasteiger partial charge is 0.497 e. The molecule has 1 aromatic rings. The molecule has 1 heterocycles. The highest BCUT2D eigenvalue weighted by Crippen LogP contribution is 2.42. The first-order chi connectivity index (χ1) is 11.9. The SMILES string of the molecule is CCOC(=O)C(C#N)C(c1ccc(OC)cc1)C1CCOC(C)(C)C1. The lowest BCUT2D eigenvalue weighted by molar-refractivity contribution is -0.148. The molecule has 0 saturated carbocycles. The number of hydrogen-bond donors (Lipinski definition) is 0. The van der Waals surface area contributed by atoms with Gasteiger partial charge >= 0.3 is 5.97 Å². The van der Waals surface area contributed by atoms with Crippen molar-refractivity contribution in [3.05, 3.63) is 29.8 Å². The lowest BCUT2D eigenvalue weighted by atomic mass is 9.71. The second kappa shape index (κ2) is 8.35. The van der Waals surface area contributed by atoms with Gasteiger partial charge in [-0.25, -0.2) is 0 Å². The van der Waals surface area contributed by atoms with Crippen LogP contribution in [0.1, 0.15) is 45.1 Å². The van der Waals surface area contributed by atoms with Crippen LogP contribution in [0.25, 0.3) is 0 Å². The molecule has 0 radical (unpaired) electrons. The van der Waals surface area contributed by atoms with Crippen LogP contribution in [-0.2, 0) is 14.3 Å². The van der Waals surface area contributed by atoms with Crippen LogP contribution in [0.5, 0.6) is 5.75 Å². The topological polar surface area (TPSA) is 68.6 Å². The Morgan fingerprint density at radius 1 is 1.40 bits per heavy atom. The summed E-state index contributed by atoms with van der Waals surface area (Å²) in [6.07, 6.45) is 1.61. The molecule has 0 aliphatic carbocycles. The Morgan fingerprint density at radius 3 is 2.60 bits per heavy atom. The number of nitrogens with zero attached hydrogens (tertiary/aromatic N) is 1. The third-order valence-corrected chi connectivity index (χ3v) is 4.78. The molecule has 1 fully saturated rings. The predicted molar refractivity (Wildman–Crippen MR) is 94.2 cm³/mol. The van der Waals surface area contributed by atoms with Crippen LogP contribution < -0.4 is 4.74 Å². The molecule has 136 valence electrons. The zero-order chi connectivity index (χ0) is 18.4. The molecule has 1 aromatic carbocycles. The van der Waals surface area contributed by atoms with Crippen LogP contribution in [0.2, 0.25) is 0 Å². The minimum atomic E-state index is -0.827. The summed E-state index contributed by atoms with van der Waals surface area (Å²) in [6, 6.07) is 9.81. The average Bonchev–Trinajstić information content (AvgIpc) is 2.59. The van der Waals surface area contributed by atoms with Crippen LogP contribution in [0.4, 0.5) is 0 Å². The summed E-state index contributed by atoms with van der Waals surface area (Å²) in [6.45, 7) is 6.76. The molecule has 25 heavy (non-hydrogen) atoms. The number of nitriles is 1. The lowest BCUT2D eigenvalue weighted by Gasteiger charge is -2.40. The van der Waals surface area contributed by atoms with Crippen molar-refractivity contribution in [3.8, 4) is 11.8 Å². The summed E-state index contributed by atoms with van der Waals surface area (Å²) in [4.78, 5) is 12.4. The smallest absolute Gasteiger partial charge is 0.323 e. The second-order valence-corrected chi connectivity index (χ2v) is 7.02. The van der Waals surface area contributed by atoms with E-state index in [1.54, 1.807) is 14.0 Å². The number of methoxy groups -OCH3 is 1. The summed E-state index contributed by atoms with van der Waals surface area (Å²) in [5.74, 6) is -0.578. The van der Waals surface area contributed by atoms with Crippen molar-refractivity contribution in [3.63, 3.8) is 0 Å². The van der Waals surface area contributed by atoms with Gasteiger partial charge in [-0.1, -0.05) is 12.1 Å². The van der Waals surface area contributed by atoms with Gasteiger partial charge in [-0.2, -0.15) is 5.26 Å². The third-order valence-electron chi connectivity index (χ3n) is 4.78. The molecule has 0 aromatic heterocycles. The highest BCUT2D eigenvalue weighted by atomic mass is 16.5. The maximum Gasteiger partial charge on any atom is 0.323 e. The van der Waals surface area contributed by atoms with Gasteiger partial charge in [-0.3, -0.25) is 4.79 Å². The number of benzene rings is 1. The standard InChI is InChI=1S/C20H27NO4/c1-5-24-19(22)17(13-21)18(14-6-8-16(23-4)9-7-14)15-10-11-25-20(2,3)12-15/h6-9,15,17-18H,5,10-12H2,1-4H3. The van der Waals surface area contributed by atoms with Crippen LogP contribution in [0, 0.1) is 23.2 Å². The normalized spacial score (nSPS) is 21.6. The average molecular weight is 345 g/mol. The fourth-order valence-corrected chi connectivity index (χ4v) is 3.66. The van der Waals surface area contributed by atoms with Crippen LogP contribution in [0.15, 0.2) is 24.3 Å². The van der Waals surface area contributed by atoms with Crippen molar-refractivity contribution >= 4 is 5.97 Å². The summed E-state index contributed by atoms with van der Waals surface area (Å²) in [5, 5.41) is 9.71. The first-order valence-electron chi connectivity index (χ1n) is 8.76. The Kier molecular flexibility index (Phi) is 6.44. The van der Waals surface area contributed by atoms with E-state index < -0.39 is 11.9 Å². The minimum absolute atomic E-state index is 0.172. The minimum Gasteiger partial charge on any atom is -0.497 e. The van der Waals surface area contributed by atoms with Crippen molar-refractivity contribution in [2.45, 2.75) is 45.1 Å². The number of rotatable bonds is 6. The number of ether oxygens (including phenoxy) is 3. The molecular weight excluding hydrogens is 318 g/mol. The van der Waals surface area contributed by atoms with Crippen LogP contribution >= 0.6 is 0 Å². The molecule has 2 rings (SSSR count). The van der Waals surface area contributed by atoms with E-state index in [9.17, 15) is 10.1 Å². The van der Waals surface area contributed by atoms with Crippen molar-refractivity contribution in [1.82, 2.24) is 0 Å². The maximum absolute atomic E-state index is 12.4. The number of esters is 1. The monoisotopic (exact) mass is 345 g/mol.